The van der Waals surface area contributed by atoms with Crippen molar-refractivity contribution in [3.05, 3.63) is 18.2 Å². The highest BCUT2D eigenvalue weighted by Gasteiger charge is 2.15. The van der Waals surface area contributed by atoms with Crippen molar-refractivity contribution in [2.24, 2.45) is 5.73 Å². The fraction of sp³-hybridized carbons (Fsp3) is 0.533. The zero-order valence-corrected chi connectivity index (χ0v) is 13.2. The minimum Gasteiger partial charge on any atom is -0.497 e. The van der Waals surface area contributed by atoms with Gasteiger partial charge >= 0.3 is 6.03 Å². The number of ether oxygens (including phenoxy) is 2. The summed E-state index contributed by atoms with van der Waals surface area (Å²) in [6.07, 6.45) is 0.750. The summed E-state index contributed by atoms with van der Waals surface area (Å²) in [4.78, 5) is 12.0. The van der Waals surface area contributed by atoms with Crippen LogP contribution < -0.4 is 25.8 Å². The summed E-state index contributed by atoms with van der Waals surface area (Å²) < 4.78 is 10.8. The van der Waals surface area contributed by atoms with Crippen molar-refractivity contribution in [1.82, 2.24) is 5.32 Å². The number of rotatable bonds is 6. The molecule has 0 unspecified atom stereocenters. The Morgan fingerprint density at radius 1 is 1.33 bits per heavy atom. The van der Waals surface area contributed by atoms with Crippen molar-refractivity contribution in [2.75, 3.05) is 25.6 Å². The first kappa shape index (κ1) is 17.1. The van der Waals surface area contributed by atoms with Gasteiger partial charge in [0.05, 0.1) is 19.4 Å². The lowest BCUT2D eigenvalue weighted by Gasteiger charge is -2.21. The Morgan fingerprint density at radius 2 is 2.05 bits per heavy atom. The first-order valence-corrected chi connectivity index (χ1v) is 6.96. The van der Waals surface area contributed by atoms with Crippen LogP contribution in [0.25, 0.3) is 0 Å². The van der Waals surface area contributed by atoms with E-state index in [1.54, 1.807) is 25.3 Å². The Hall–Kier alpha value is -1.95. The quantitative estimate of drug-likeness (QED) is 0.703. The Morgan fingerprint density at radius 3 is 2.62 bits per heavy atom. The lowest BCUT2D eigenvalue weighted by molar-refractivity contribution is 0.243. The van der Waals surface area contributed by atoms with Gasteiger partial charge in [-0.1, -0.05) is 0 Å². The third-order valence-electron chi connectivity index (χ3n) is 2.53. The van der Waals surface area contributed by atoms with E-state index in [1.807, 2.05) is 20.8 Å². The van der Waals surface area contributed by atoms with Crippen LogP contribution in [0, 0.1) is 0 Å². The summed E-state index contributed by atoms with van der Waals surface area (Å²) >= 11 is 0. The molecule has 0 saturated carbocycles. The molecule has 1 rings (SSSR count). The van der Waals surface area contributed by atoms with E-state index in [1.165, 1.54) is 0 Å². The van der Waals surface area contributed by atoms with Crippen LogP contribution in [-0.2, 0) is 0 Å². The first-order valence-electron chi connectivity index (χ1n) is 6.96. The lowest BCUT2D eigenvalue weighted by Crippen LogP contribution is -2.43. The first-order chi connectivity index (χ1) is 9.85. The van der Waals surface area contributed by atoms with Gasteiger partial charge in [0, 0.05) is 11.6 Å². The van der Waals surface area contributed by atoms with Gasteiger partial charge < -0.3 is 25.8 Å². The van der Waals surface area contributed by atoms with Crippen molar-refractivity contribution in [3.8, 4) is 11.5 Å². The SMILES string of the molecule is COc1ccc(OCCCN)c(NC(=O)NC(C)(C)C)c1. The molecular formula is C15H25N3O3. The number of carbonyl (C=O) groups is 1. The van der Waals surface area contributed by atoms with E-state index in [9.17, 15) is 4.79 Å². The number of amides is 2. The molecule has 0 heterocycles. The highest BCUT2D eigenvalue weighted by atomic mass is 16.5. The average molecular weight is 295 g/mol. The number of benzene rings is 1. The van der Waals surface area contributed by atoms with Crippen LogP contribution in [0.1, 0.15) is 27.2 Å². The molecule has 6 nitrogen and oxygen atoms in total. The molecule has 0 fully saturated rings. The number of anilines is 1. The van der Waals surface area contributed by atoms with Crippen LogP contribution in [0.2, 0.25) is 0 Å². The molecule has 0 radical (unpaired) electrons. The van der Waals surface area contributed by atoms with Gasteiger partial charge in [0.1, 0.15) is 11.5 Å². The summed E-state index contributed by atoms with van der Waals surface area (Å²) in [7, 11) is 1.57. The van der Waals surface area contributed by atoms with E-state index in [-0.39, 0.29) is 11.6 Å². The average Bonchev–Trinajstić information content (AvgIpc) is 2.38. The maximum atomic E-state index is 12.0. The van der Waals surface area contributed by atoms with Gasteiger partial charge in [0.25, 0.3) is 0 Å². The molecule has 6 heteroatoms. The van der Waals surface area contributed by atoms with Crippen molar-refractivity contribution in [3.63, 3.8) is 0 Å². The van der Waals surface area contributed by atoms with Crippen molar-refractivity contribution < 1.29 is 14.3 Å². The van der Waals surface area contributed by atoms with E-state index in [0.29, 0.717) is 30.3 Å². The van der Waals surface area contributed by atoms with Gasteiger partial charge in [-0.15, -0.1) is 0 Å². The molecule has 1 aromatic carbocycles. The summed E-state index contributed by atoms with van der Waals surface area (Å²) in [5.41, 5.74) is 5.69. The van der Waals surface area contributed by atoms with Crippen LogP contribution >= 0.6 is 0 Å². The maximum Gasteiger partial charge on any atom is 0.319 e. The maximum absolute atomic E-state index is 12.0. The topological polar surface area (TPSA) is 85.6 Å². The number of urea groups is 1. The third kappa shape index (κ3) is 6.35. The van der Waals surface area contributed by atoms with Crippen molar-refractivity contribution in [1.29, 1.82) is 0 Å². The highest BCUT2D eigenvalue weighted by Crippen LogP contribution is 2.29. The Bertz CT molecular complexity index is 470. The van der Waals surface area contributed by atoms with E-state index in [2.05, 4.69) is 10.6 Å². The minimum atomic E-state index is -0.316. The largest absolute Gasteiger partial charge is 0.497 e. The monoisotopic (exact) mass is 295 g/mol. The molecular weight excluding hydrogens is 270 g/mol. The fourth-order valence-electron chi connectivity index (χ4n) is 1.62. The van der Waals surface area contributed by atoms with Crippen molar-refractivity contribution >= 4 is 11.7 Å². The molecule has 21 heavy (non-hydrogen) atoms. The van der Waals surface area contributed by atoms with Crippen LogP contribution in [0.3, 0.4) is 0 Å². The molecule has 0 aliphatic heterocycles. The molecule has 0 aliphatic rings. The Kier molecular flexibility index (Phi) is 6.30. The van der Waals surface area contributed by atoms with E-state index < -0.39 is 0 Å². The fourth-order valence-corrected chi connectivity index (χ4v) is 1.62. The molecule has 118 valence electrons. The molecule has 0 saturated heterocycles. The molecule has 0 aliphatic carbocycles. The molecule has 1 aromatic rings. The number of nitrogens with one attached hydrogen (secondary N) is 2. The predicted molar refractivity (Wildman–Crippen MR) is 84.1 cm³/mol. The van der Waals surface area contributed by atoms with Gasteiger partial charge in [-0.3, -0.25) is 0 Å². The molecule has 0 atom stereocenters. The van der Waals surface area contributed by atoms with Gasteiger partial charge in [-0.2, -0.15) is 0 Å². The summed E-state index contributed by atoms with van der Waals surface area (Å²) in [6.45, 7) is 6.80. The predicted octanol–water partition coefficient (Wildman–Crippen LogP) is 2.34. The van der Waals surface area contributed by atoms with Crippen LogP contribution in [0.15, 0.2) is 18.2 Å². The number of hydrogen-bond acceptors (Lipinski definition) is 4. The highest BCUT2D eigenvalue weighted by molar-refractivity contribution is 5.91. The number of hydrogen-bond donors (Lipinski definition) is 3. The molecule has 4 N–H and O–H groups in total. The minimum absolute atomic E-state index is 0.292. The summed E-state index contributed by atoms with van der Waals surface area (Å²) in [5, 5.41) is 5.62. The van der Waals surface area contributed by atoms with Crippen LogP contribution in [0.5, 0.6) is 11.5 Å². The number of carbonyl (C=O) groups excluding carboxylic acids is 1. The van der Waals surface area contributed by atoms with Crippen LogP contribution in [-0.4, -0.2) is 31.8 Å². The standard InChI is InChI=1S/C15H25N3O3/c1-15(2,3)18-14(19)17-12-10-11(20-4)6-7-13(12)21-9-5-8-16/h6-7,10H,5,8-9,16H2,1-4H3,(H2,17,18,19). The Balaban J connectivity index is 2.83. The lowest BCUT2D eigenvalue weighted by atomic mass is 10.1. The van der Waals surface area contributed by atoms with Crippen LogP contribution in [0.4, 0.5) is 10.5 Å². The van der Waals surface area contributed by atoms with E-state index in [0.717, 1.165) is 6.42 Å². The normalized spacial score (nSPS) is 10.9. The molecule has 2 amide bonds. The van der Waals surface area contributed by atoms with E-state index >= 15 is 0 Å². The second-order valence-electron chi connectivity index (χ2n) is 5.68. The van der Waals surface area contributed by atoms with Gasteiger partial charge in [-0.25, -0.2) is 4.79 Å². The van der Waals surface area contributed by atoms with Crippen molar-refractivity contribution in [2.45, 2.75) is 32.7 Å². The zero-order chi connectivity index (χ0) is 15.9. The summed E-state index contributed by atoms with van der Waals surface area (Å²) in [5.74, 6) is 1.24. The van der Waals surface area contributed by atoms with Gasteiger partial charge in [0.15, 0.2) is 0 Å². The third-order valence-corrected chi connectivity index (χ3v) is 2.53. The van der Waals surface area contributed by atoms with E-state index in [4.69, 9.17) is 15.2 Å². The zero-order valence-electron chi connectivity index (χ0n) is 13.2. The molecule has 0 bridgehead atoms. The molecule has 0 aromatic heterocycles. The second-order valence-corrected chi connectivity index (χ2v) is 5.68. The van der Waals surface area contributed by atoms with Gasteiger partial charge in [-0.05, 0) is 45.9 Å². The summed E-state index contributed by atoms with van der Waals surface area (Å²) in [6, 6.07) is 4.98. The number of nitrogens with two attached hydrogens (primary N) is 1. The number of methoxy groups -OCH3 is 1. The second kappa shape index (κ2) is 7.73. The smallest absolute Gasteiger partial charge is 0.319 e. The Labute approximate surface area is 126 Å². The van der Waals surface area contributed by atoms with Gasteiger partial charge in [0.2, 0.25) is 0 Å². The molecule has 0 spiro atoms.